The van der Waals surface area contributed by atoms with E-state index in [0.717, 1.165) is 10.6 Å². The Morgan fingerprint density at radius 2 is 2.00 bits per heavy atom. The standard InChI is InChI=1S/C16H20N2O2S/c1-4-5-6-11-16(20)18(2)12-15(19)17-13-9-7-8-10-14(13)21-3/h4-11H,12H2,1-3H3,(H,17,19)/b5-4+,11-6+. The van der Waals surface area contributed by atoms with E-state index in [1.165, 1.54) is 11.0 Å². The Kier molecular flexibility index (Phi) is 7.32. The van der Waals surface area contributed by atoms with E-state index in [9.17, 15) is 9.59 Å². The van der Waals surface area contributed by atoms with Gasteiger partial charge in [0.05, 0.1) is 12.2 Å². The maximum Gasteiger partial charge on any atom is 0.246 e. The van der Waals surface area contributed by atoms with Crippen LogP contribution in [0.2, 0.25) is 0 Å². The molecule has 0 radical (unpaired) electrons. The summed E-state index contributed by atoms with van der Waals surface area (Å²) in [4.78, 5) is 26.1. The van der Waals surface area contributed by atoms with Crippen LogP contribution in [0.3, 0.4) is 0 Å². The number of hydrogen-bond donors (Lipinski definition) is 1. The van der Waals surface area contributed by atoms with Gasteiger partial charge in [-0.1, -0.05) is 30.4 Å². The van der Waals surface area contributed by atoms with Crippen molar-refractivity contribution in [1.82, 2.24) is 4.90 Å². The van der Waals surface area contributed by atoms with E-state index in [2.05, 4.69) is 5.32 Å². The van der Waals surface area contributed by atoms with Crippen LogP contribution in [0, 0.1) is 0 Å². The van der Waals surface area contributed by atoms with Crippen molar-refractivity contribution >= 4 is 29.3 Å². The van der Waals surface area contributed by atoms with Gasteiger partial charge in [0.1, 0.15) is 0 Å². The third kappa shape index (κ3) is 5.87. The molecule has 1 aromatic rings. The molecule has 112 valence electrons. The zero-order valence-corrected chi connectivity index (χ0v) is 13.3. The molecule has 2 amide bonds. The van der Waals surface area contributed by atoms with Crippen LogP contribution in [-0.2, 0) is 9.59 Å². The quantitative estimate of drug-likeness (QED) is 0.499. The first-order valence-corrected chi connectivity index (χ1v) is 7.78. The Morgan fingerprint density at radius 1 is 1.29 bits per heavy atom. The second-order valence-corrected chi connectivity index (χ2v) is 5.18. The Labute approximate surface area is 129 Å². The molecule has 0 aliphatic heterocycles. The maximum absolute atomic E-state index is 12.0. The monoisotopic (exact) mass is 304 g/mol. The Morgan fingerprint density at radius 3 is 2.67 bits per heavy atom. The lowest BCUT2D eigenvalue weighted by atomic mass is 10.3. The number of para-hydroxylation sites is 1. The number of allylic oxidation sites excluding steroid dienone is 3. The summed E-state index contributed by atoms with van der Waals surface area (Å²) >= 11 is 1.56. The molecule has 21 heavy (non-hydrogen) atoms. The molecule has 0 bridgehead atoms. The van der Waals surface area contributed by atoms with Gasteiger partial charge in [-0.05, 0) is 25.3 Å². The minimum Gasteiger partial charge on any atom is -0.333 e. The van der Waals surface area contributed by atoms with E-state index in [1.807, 2.05) is 43.5 Å². The number of nitrogens with zero attached hydrogens (tertiary/aromatic N) is 1. The van der Waals surface area contributed by atoms with Crippen LogP contribution >= 0.6 is 11.8 Å². The predicted molar refractivity (Wildman–Crippen MR) is 88.4 cm³/mol. The number of amides is 2. The van der Waals surface area contributed by atoms with Gasteiger partial charge in [-0.25, -0.2) is 0 Å². The number of hydrogen-bond acceptors (Lipinski definition) is 3. The van der Waals surface area contributed by atoms with E-state index >= 15 is 0 Å². The van der Waals surface area contributed by atoms with Gasteiger partial charge in [-0.2, -0.15) is 0 Å². The van der Waals surface area contributed by atoms with Crippen molar-refractivity contribution in [2.24, 2.45) is 0 Å². The van der Waals surface area contributed by atoms with Crippen LogP contribution in [0.25, 0.3) is 0 Å². The molecule has 0 unspecified atom stereocenters. The van der Waals surface area contributed by atoms with E-state index in [-0.39, 0.29) is 18.4 Å². The van der Waals surface area contributed by atoms with Crippen molar-refractivity contribution < 1.29 is 9.59 Å². The average molecular weight is 304 g/mol. The molecule has 0 atom stereocenters. The molecule has 0 aliphatic carbocycles. The zero-order chi connectivity index (χ0) is 15.7. The highest BCUT2D eigenvalue weighted by molar-refractivity contribution is 7.98. The van der Waals surface area contributed by atoms with Gasteiger partial charge in [0.2, 0.25) is 11.8 Å². The minimum atomic E-state index is -0.216. The minimum absolute atomic E-state index is 0.0156. The fraction of sp³-hybridized carbons (Fsp3) is 0.250. The Hall–Kier alpha value is -2.01. The molecule has 0 heterocycles. The fourth-order valence-corrected chi connectivity index (χ4v) is 2.16. The van der Waals surface area contributed by atoms with Crippen molar-refractivity contribution in [3.05, 3.63) is 48.6 Å². The lowest BCUT2D eigenvalue weighted by molar-refractivity contribution is -0.129. The van der Waals surface area contributed by atoms with E-state index in [4.69, 9.17) is 0 Å². The first-order valence-electron chi connectivity index (χ1n) is 6.55. The number of nitrogens with one attached hydrogen (secondary N) is 1. The van der Waals surface area contributed by atoms with Gasteiger partial charge < -0.3 is 10.2 Å². The Bertz CT molecular complexity index is 553. The first-order chi connectivity index (χ1) is 10.1. The predicted octanol–water partition coefficient (Wildman–Crippen LogP) is 2.94. The SMILES string of the molecule is C/C=C/C=C/C(=O)N(C)CC(=O)Nc1ccccc1SC. The van der Waals surface area contributed by atoms with Gasteiger partial charge in [0.15, 0.2) is 0 Å². The molecule has 0 spiro atoms. The topological polar surface area (TPSA) is 49.4 Å². The molecule has 5 heteroatoms. The number of likely N-dealkylation sites (N-methyl/N-ethyl adjacent to an activating group) is 1. The molecule has 0 fully saturated rings. The van der Waals surface area contributed by atoms with E-state index in [1.54, 1.807) is 31.0 Å². The molecule has 1 N–H and O–H groups in total. The summed E-state index contributed by atoms with van der Waals surface area (Å²) in [6, 6.07) is 7.57. The van der Waals surface area contributed by atoms with E-state index in [0.29, 0.717) is 0 Å². The number of rotatable bonds is 6. The summed E-state index contributed by atoms with van der Waals surface area (Å²) in [5.74, 6) is -0.423. The van der Waals surface area contributed by atoms with Crippen LogP contribution in [-0.4, -0.2) is 36.6 Å². The smallest absolute Gasteiger partial charge is 0.246 e. The van der Waals surface area contributed by atoms with Gasteiger partial charge in [0, 0.05) is 18.0 Å². The number of carbonyl (C=O) groups excluding carboxylic acids is 2. The van der Waals surface area contributed by atoms with Crippen molar-refractivity contribution in [2.75, 3.05) is 25.2 Å². The van der Waals surface area contributed by atoms with Crippen LogP contribution in [0.4, 0.5) is 5.69 Å². The summed E-state index contributed by atoms with van der Waals surface area (Å²) in [6.07, 6.45) is 8.63. The molecule has 1 aromatic carbocycles. The van der Waals surface area contributed by atoms with Gasteiger partial charge >= 0.3 is 0 Å². The summed E-state index contributed by atoms with van der Waals surface area (Å²) in [7, 11) is 1.60. The highest BCUT2D eigenvalue weighted by Crippen LogP contribution is 2.24. The molecular weight excluding hydrogens is 284 g/mol. The maximum atomic E-state index is 12.0. The summed E-state index contributed by atoms with van der Waals surface area (Å²) in [6.45, 7) is 1.89. The van der Waals surface area contributed by atoms with Gasteiger partial charge in [-0.3, -0.25) is 9.59 Å². The summed E-state index contributed by atoms with van der Waals surface area (Å²) < 4.78 is 0. The lowest BCUT2D eigenvalue weighted by Gasteiger charge is -2.15. The van der Waals surface area contributed by atoms with Crippen molar-refractivity contribution in [3.8, 4) is 0 Å². The van der Waals surface area contributed by atoms with Crippen LogP contribution in [0.5, 0.6) is 0 Å². The second-order valence-electron chi connectivity index (χ2n) is 4.33. The summed E-state index contributed by atoms with van der Waals surface area (Å²) in [5, 5.41) is 2.82. The third-order valence-electron chi connectivity index (χ3n) is 2.68. The normalized spacial score (nSPS) is 11.0. The molecule has 4 nitrogen and oxygen atoms in total. The number of thioether (sulfide) groups is 1. The molecule has 0 saturated carbocycles. The Balaban J connectivity index is 2.59. The number of carbonyl (C=O) groups is 2. The largest absolute Gasteiger partial charge is 0.333 e. The van der Waals surface area contributed by atoms with Gasteiger partial charge in [0.25, 0.3) is 0 Å². The molecule has 0 aliphatic rings. The molecule has 0 aromatic heterocycles. The summed E-state index contributed by atoms with van der Waals surface area (Å²) in [5.41, 5.74) is 0.764. The molecule has 0 saturated heterocycles. The fourth-order valence-electron chi connectivity index (χ4n) is 1.61. The highest BCUT2D eigenvalue weighted by atomic mass is 32.2. The van der Waals surface area contributed by atoms with Crippen molar-refractivity contribution in [2.45, 2.75) is 11.8 Å². The number of anilines is 1. The highest BCUT2D eigenvalue weighted by Gasteiger charge is 2.11. The van der Waals surface area contributed by atoms with Crippen LogP contribution < -0.4 is 5.32 Å². The van der Waals surface area contributed by atoms with Crippen molar-refractivity contribution in [3.63, 3.8) is 0 Å². The molecule has 1 rings (SSSR count). The number of benzene rings is 1. The molecular formula is C16H20N2O2S. The second kappa shape index (κ2) is 9.02. The van der Waals surface area contributed by atoms with Gasteiger partial charge in [-0.15, -0.1) is 11.8 Å². The zero-order valence-electron chi connectivity index (χ0n) is 12.5. The van der Waals surface area contributed by atoms with E-state index < -0.39 is 0 Å². The third-order valence-corrected chi connectivity index (χ3v) is 3.48. The average Bonchev–Trinajstić information content (AvgIpc) is 2.47. The first kappa shape index (κ1) is 17.0. The van der Waals surface area contributed by atoms with Crippen molar-refractivity contribution in [1.29, 1.82) is 0 Å². The van der Waals surface area contributed by atoms with Crippen LogP contribution in [0.1, 0.15) is 6.92 Å². The lowest BCUT2D eigenvalue weighted by Crippen LogP contribution is -2.33. The van der Waals surface area contributed by atoms with Crippen LogP contribution in [0.15, 0.2) is 53.5 Å².